The Balaban J connectivity index is 2.03. The van der Waals surface area contributed by atoms with Gasteiger partial charge in [0.05, 0.1) is 0 Å². The fourth-order valence-corrected chi connectivity index (χ4v) is 3.35. The summed E-state index contributed by atoms with van der Waals surface area (Å²) in [6.45, 7) is 2.26. The van der Waals surface area contributed by atoms with Gasteiger partial charge in [0.15, 0.2) is 0 Å². The predicted octanol–water partition coefficient (Wildman–Crippen LogP) is 4.07. The van der Waals surface area contributed by atoms with Gasteiger partial charge in [0.25, 0.3) is 5.91 Å². The standard InChI is InChI=1S/C16H23BrN2O/c1-3-11-4-7-13(8-5-11)19(2)16(20)12-6-9-15(18)14(17)10-12/h6,9-11,13H,3-5,7-8,18H2,1-2H3. The van der Waals surface area contributed by atoms with E-state index in [0.717, 1.165) is 23.2 Å². The Hall–Kier alpha value is -1.03. The molecule has 1 aromatic carbocycles. The lowest BCUT2D eigenvalue weighted by molar-refractivity contribution is 0.0674. The van der Waals surface area contributed by atoms with Crippen LogP contribution in [0.4, 0.5) is 5.69 Å². The highest BCUT2D eigenvalue weighted by Gasteiger charge is 2.26. The van der Waals surface area contributed by atoms with Crippen LogP contribution in [0.3, 0.4) is 0 Å². The third-order valence-corrected chi connectivity index (χ3v) is 5.20. The average Bonchev–Trinajstić information content (AvgIpc) is 2.48. The molecule has 3 nitrogen and oxygen atoms in total. The van der Waals surface area contributed by atoms with Crippen LogP contribution >= 0.6 is 15.9 Å². The molecular formula is C16H23BrN2O. The van der Waals surface area contributed by atoms with Gasteiger partial charge in [-0.3, -0.25) is 4.79 Å². The fourth-order valence-electron chi connectivity index (χ4n) is 2.97. The number of nitrogen functional groups attached to an aromatic ring is 1. The number of benzene rings is 1. The SMILES string of the molecule is CCC1CCC(N(C)C(=O)c2ccc(N)c(Br)c2)CC1. The largest absolute Gasteiger partial charge is 0.398 e. The lowest BCUT2D eigenvalue weighted by Gasteiger charge is -2.34. The molecule has 0 saturated heterocycles. The minimum atomic E-state index is 0.0886. The van der Waals surface area contributed by atoms with Crippen LogP contribution in [0.15, 0.2) is 22.7 Å². The van der Waals surface area contributed by atoms with E-state index in [1.807, 2.05) is 18.0 Å². The Bertz CT molecular complexity index is 481. The van der Waals surface area contributed by atoms with Crippen LogP contribution in [0.2, 0.25) is 0 Å². The van der Waals surface area contributed by atoms with E-state index in [1.54, 1.807) is 12.1 Å². The summed E-state index contributed by atoms with van der Waals surface area (Å²) >= 11 is 3.38. The first-order chi connectivity index (χ1) is 9.52. The van der Waals surface area contributed by atoms with Crippen molar-refractivity contribution in [2.24, 2.45) is 5.92 Å². The van der Waals surface area contributed by atoms with E-state index < -0.39 is 0 Å². The van der Waals surface area contributed by atoms with Crippen LogP contribution in [-0.4, -0.2) is 23.9 Å². The number of hydrogen-bond acceptors (Lipinski definition) is 2. The third kappa shape index (κ3) is 3.35. The number of hydrogen-bond donors (Lipinski definition) is 1. The minimum absolute atomic E-state index is 0.0886. The van der Waals surface area contributed by atoms with Crippen molar-refractivity contribution in [2.75, 3.05) is 12.8 Å². The van der Waals surface area contributed by atoms with E-state index in [9.17, 15) is 4.79 Å². The summed E-state index contributed by atoms with van der Waals surface area (Å²) in [6.07, 6.45) is 5.98. The zero-order valence-electron chi connectivity index (χ0n) is 12.2. The second-order valence-corrected chi connectivity index (χ2v) is 6.59. The monoisotopic (exact) mass is 338 g/mol. The average molecular weight is 339 g/mol. The highest BCUT2D eigenvalue weighted by atomic mass is 79.9. The Morgan fingerprint density at radius 1 is 1.35 bits per heavy atom. The summed E-state index contributed by atoms with van der Waals surface area (Å²) in [7, 11) is 1.92. The van der Waals surface area contributed by atoms with Crippen LogP contribution in [0, 0.1) is 5.92 Å². The maximum Gasteiger partial charge on any atom is 0.253 e. The quantitative estimate of drug-likeness (QED) is 0.844. The van der Waals surface area contributed by atoms with Gasteiger partial charge in [-0.25, -0.2) is 0 Å². The number of amides is 1. The molecule has 1 aliphatic carbocycles. The van der Waals surface area contributed by atoms with Gasteiger partial charge in [-0.1, -0.05) is 13.3 Å². The summed E-state index contributed by atoms with van der Waals surface area (Å²) in [4.78, 5) is 14.4. The van der Waals surface area contributed by atoms with Crippen molar-refractivity contribution in [3.05, 3.63) is 28.2 Å². The molecule has 0 aromatic heterocycles. The second kappa shape index (κ2) is 6.61. The Kier molecular flexibility index (Phi) is 5.08. The number of carbonyl (C=O) groups is 1. The molecule has 0 radical (unpaired) electrons. The molecule has 0 unspecified atom stereocenters. The maximum atomic E-state index is 12.5. The van der Waals surface area contributed by atoms with Gasteiger partial charge in [0, 0.05) is 28.8 Å². The molecule has 0 heterocycles. The van der Waals surface area contributed by atoms with Gasteiger partial charge in [-0.05, 0) is 65.7 Å². The molecule has 2 N–H and O–H groups in total. The molecule has 110 valence electrons. The zero-order valence-corrected chi connectivity index (χ0v) is 13.8. The van der Waals surface area contributed by atoms with Crippen molar-refractivity contribution < 1.29 is 4.79 Å². The maximum absolute atomic E-state index is 12.5. The van der Waals surface area contributed by atoms with Crippen molar-refractivity contribution in [1.29, 1.82) is 0 Å². The van der Waals surface area contributed by atoms with Crippen molar-refractivity contribution >= 4 is 27.5 Å². The van der Waals surface area contributed by atoms with E-state index in [-0.39, 0.29) is 5.91 Å². The highest BCUT2D eigenvalue weighted by Crippen LogP contribution is 2.30. The van der Waals surface area contributed by atoms with E-state index in [4.69, 9.17) is 5.73 Å². The fraction of sp³-hybridized carbons (Fsp3) is 0.562. The molecule has 2 rings (SSSR count). The van der Waals surface area contributed by atoms with Gasteiger partial charge in [-0.15, -0.1) is 0 Å². The molecule has 1 fully saturated rings. The first-order valence-corrected chi connectivity index (χ1v) is 8.14. The van der Waals surface area contributed by atoms with Crippen LogP contribution in [0.1, 0.15) is 49.4 Å². The molecule has 0 bridgehead atoms. The van der Waals surface area contributed by atoms with E-state index in [1.165, 1.54) is 19.3 Å². The molecule has 1 amide bonds. The first kappa shape index (κ1) is 15.4. The van der Waals surface area contributed by atoms with Gasteiger partial charge in [0.2, 0.25) is 0 Å². The third-order valence-electron chi connectivity index (χ3n) is 4.51. The highest BCUT2D eigenvalue weighted by molar-refractivity contribution is 9.10. The summed E-state index contributed by atoms with van der Waals surface area (Å²) < 4.78 is 0.784. The van der Waals surface area contributed by atoms with Crippen molar-refractivity contribution in [1.82, 2.24) is 4.90 Å². The second-order valence-electron chi connectivity index (χ2n) is 5.74. The lowest BCUT2D eigenvalue weighted by atomic mass is 9.84. The van der Waals surface area contributed by atoms with Crippen LogP contribution in [0.25, 0.3) is 0 Å². The topological polar surface area (TPSA) is 46.3 Å². The molecular weight excluding hydrogens is 316 g/mol. The first-order valence-electron chi connectivity index (χ1n) is 7.35. The van der Waals surface area contributed by atoms with Gasteiger partial charge in [-0.2, -0.15) is 0 Å². The summed E-state index contributed by atoms with van der Waals surface area (Å²) in [5.74, 6) is 0.936. The molecule has 20 heavy (non-hydrogen) atoms. The van der Waals surface area contributed by atoms with Crippen LogP contribution < -0.4 is 5.73 Å². The van der Waals surface area contributed by atoms with E-state index >= 15 is 0 Å². The summed E-state index contributed by atoms with van der Waals surface area (Å²) in [5.41, 5.74) is 7.13. The van der Waals surface area contributed by atoms with E-state index in [2.05, 4.69) is 22.9 Å². The van der Waals surface area contributed by atoms with Crippen molar-refractivity contribution in [3.63, 3.8) is 0 Å². The lowest BCUT2D eigenvalue weighted by Crippen LogP contribution is -2.39. The molecule has 0 aliphatic heterocycles. The summed E-state index contributed by atoms with van der Waals surface area (Å²) in [5, 5.41) is 0. The summed E-state index contributed by atoms with van der Waals surface area (Å²) in [6, 6.07) is 5.77. The number of nitrogens with two attached hydrogens (primary N) is 1. The van der Waals surface area contributed by atoms with Gasteiger partial charge >= 0.3 is 0 Å². The van der Waals surface area contributed by atoms with Gasteiger partial charge in [0.1, 0.15) is 0 Å². The smallest absolute Gasteiger partial charge is 0.253 e. The molecule has 0 atom stereocenters. The molecule has 1 saturated carbocycles. The normalized spacial score (nSPS) is 22.6. The van der Waals surface area contributed by atoms with Crippen molar-refractivity contribution in [3.8, 4) is 0 Å². The molecule has 1 aromatic rings. The number of anilines is 1. The van der Waals surface area contributed by atoms with Crippen LogP contribution in [0.5, 0.6) is 0 Å². The number of halogens is 1. The molecule has 1 aliphatic rings. The van der Waals surface area contributed by atoms with Crippen molar-refractivity contribution in [2.45, 2.75) is 45.1 Å². The van der Waals surface area contributed by atoms with Gasteiger partial charge < -0.3 is 10.6 Å². The van der Waals surface area contributed by atoms with E-state index in [0.29, 0.717) is 17.3 Å². The number of carbonyl (C=O) groups excluding carboxylic acids is 1. The number of nitrogens with zero attached hydrogens (tertiary/aromatic N) is 1. The Morgan fingerprint density at radius 3 is 2.55 bits per heavy atom. The van der Waals surface area contributed by atoms with Crippen LogP contribution in [-0.2, 0) is 0 Å². The molecule has 4 heteroatoms. The zero-order chi connectivity index (χ0) is 14.7. The molecule has 0 spiro atoms. The predicted molar refractivity (Wildman–Crippen MR) is 86.7 cm³/mol. The Labute approximate surface area is 129 Å². The number of rotatable bonds is 3. The minimum Gasteiger partial charge on any atom is -0.398 e. The Morgan fingerprint density at radius 2 is 2.00 bits per heavy atom.